The van der Waals surface area contributed by atoms with E-state index in [4.69, 9.17) is 11.6 Å². The van der Waals surface area contributed by atoms with E-state index in [1.807, 2.05) is 0 Å². The molecule has 1 atom stereocenters. The van der Waals surface area contributed by atoms with Crippen LogP contribution in [0.1, 0.15) is 24.5 Å². The molecule has 4 heteroatoms. The molecule has 86 valence electrons. The van der Waals surface area contributed by atoms with Gasteiger partial charge in [0.1, 0.15) is 0 Å². The molecule has 1 unspecified atom stereocenters. The Morgan fingerprint density at radius 3 is 2.62 bits per heavy atom. The van der Waals surface area contributed by atoms with Crippen molar-refractivity contribution in [3.05, 3.63) is 34.9 Å². The van der Waals surface area contributed by atoms with Gasteiger partial charge in [-0.3, -0.25) is 4.79 Å². The minimum Gasteiger partial charge on any atom is -0.387 e. The van der Waals surface area contributed by atoms with Crippen LogP contribution >= 0.6 is 11.6 Å². The highest BCUT2D eigenvalue weighted by Crippen LogP contribution is 2.19. The topological polar surface area (TPSA) is 40.5 Å². The monoisotopic (exact) mass is 239 g/mol. The number of carbonyl (C=O) groups excluding carboxylic acids is 1. The number of nitrogens with zero attached hydrogens (tertiary/aromatic N) is 1. The van der Waals surface area contributed by atoms with E-state index in [2.05, 4.69) is 0 Å². The molecule has 1 aromatic carbocycles. The third kappa shape index (κ3) is 2.54. The molecule has 0 bridgehead atoms. The summed E-state index contributed by atoms with van der Waals surface area (Å²) < 4.78 is 0. The first-order valence-electron chi connectivity index (χ1n) is 5.38. The number of aliphatic hydroxyl groups excluding tert-OH is 1. The third-order valence-electron chi connectivity index (χ3n) is 2.82. The van der Waals surface area contributed by atoms with Crippen LogP contribution in [-0.2, 0) is 4.79 Å². The molecule has 1 N–H and O–H groups in total. The molecule has 1 fully saturated rings. The fourth-order valence-corrected chi connectivity index (χ4v) is 2.02. The predicted molar refractivity (Wildman–Crippen MR) is 62.2 cm³/mol. The minimum absolute atomic E-state index is 0.132. The molecule has 0 radical (unpaired) electrons. The first-order valence-corrected chi connectivity index (χ1v) is 5.76. The number of amides is 1. The summed E-state index contributed by atoms with van der Waals surface area (Å²) in [7, 11) is 0. The van der Waals surface area contributed by atoms with Crippen molar-refractivity contribution in [1.29, 1.82) is 0 Å². The molecule has 1 heterocycles. The molecule has 1 saturated heterocycles. The van der Waals surface area contributed by atoms with Crippen molar-refractivity contribution < 1.29 is 9.90 Å². The lowest BCUT2D eigenvalue weighted by molar-refractivity contribution is -0.128. The summed E-state index contributed by atoms with van der Waals surface area (Å²) in [4.78, 5) is 13.1. The molecule has 0 aromatic heterocycles. The first kappa shape index (κ1) is 11.4. The Hall–Kier alpha value is -1.06. The van der Waals surface area contributed by atoms with Gasteiger partial charge < -0.3 is 10.0 Å². The summed E-state index contributed by atoms with van der Waals surface area (Å²) in [5, 5.41) is 10.6. The van der Waals surface area contributed by atoms with Crippen molar-refractivity contribution in [2.45, 2.75) is 18.9 Å². The molecule has 1 amide bonds. The van der Waals surface area contributed by atoms with Crippen LogP contribution in [0.2, 0.25) is 5.02 Å². The van der Waals surface area contributed by atoms with Crippen LogP contribution in [0.5, 0.6) is 0 Å². The number of β-amino-alcohol motifs (C(OH)–C–C–N with tert-alkyl or cyclic N) is 1. The van der Waals surface area contributed by atoms with Gasteiger partial charge in [0.05, 0.1) is 12.6 Å². The van der Waals surface area contributed by atoms with Crippen LogP contribution in [0.4, 0.5) is 0 Å². The molecule has 1 aliphatic rings. The zero-order valence-electron chi connectivity index (χ0n) is 8.90. The zero-order chi connectivity index (χ0) is 11.5. The minimum atomic E-state index is -0.626. The standard InChI is InChI=1S/C12H14ClNO2/c13-10-5-3-9(4-6-10)11(15)8-14-7-1-2-12(14)16/h3-6,11,15H,1-2,7-8H2. The van der Waals surface area contributed by atoms with Crippen LogP contribution in [0.25, 0.3) is 0 Å². The highest BCUT2D eigenvalue weighted by molar-refractivity contribution is 6.30. The summed E-state index contributed by atoms with van der Waals surface area (Å²) in [5.74, 6) is 0.132. The fourth-order valence-electron chi connectivity index (χ4n) is 1.90. The summed E-state index contributed by atoms with van der Waals surface area (Å²) in [6.45, 7) is 1.13. The lowest BCUT2D eigenvalue weighted by Crippen LogP contribution is -2.29. The second-order valence-electron chi connectivity index (χ2n) is 4.01. The van der Waals surface area contributed by atoms with Gasteiger partial charge in [-0.05, 0) is 24.1 Å². The number of halogens is 1. The molecule has 16 heavy (non-hydrogen) atoms. The number of aliphatic hydroxyl groups is 1. The van der Waals surface area contributed by atoms with Crippen molar-refractivity contribution in [2.24, 2.45) is 0 Å². The molecule has 0 aliphatic carbocycles. The van der Waals surface area contributed by atoms with Crippen molar-refractivity contribution in [3.63, 3.8) is 0 Å². The quantitative estimate of drug-likeness (QED) is 0.877. The summed E-state index contributed by atoms with van der Waals surface area (Å²) in [5.41, 5.74) is 0.795. The molecular weight excluding hydrogens is 226 g/mol. The van der Waals surface area contributed by atoms with Gasteiger partial charge in [-0.15, -0.1) is 0 Å². The Bertz CT molecular complexity index is 377. The Morgan fingerprint density at radius 1 is 1.38 bits per heavy atom. The number of benzene rings is 1. The molecular formula is C12H14ClNO2. The van der Waals surface area contributed by atoms with Crippen LogP contribution in [0, 0.1) is 0 Å². The van der Waals surface area contributed by atoms with Gasteiger partial charge in [-0.2, -0.15) is 0 Å². The van der Waals surface area contributed by atoms with E-state index < -0.39 is 6.10 Å². The lowest BCUT2D eigenvalue weighted by Gasteiger charge is -2.20. The van der Waals surface area contributed by atoms with Crippen molar-refractivity contribution in [2.75, 3.05) is 13.1 Å². The van der Waals surface area contributed by atoms with Gasteiger partial charge in [0.15, 0.2) is 0 Å². The van der Waals surface area contributed by atoms with Crippen molar-refractivity contribution in [1.82, 2.24) is 4.90 Å². The smallest absolute Gasteiger partial charge is 0.222 e. The number of likely N-dealkylation sites (tertiary alicyclic amines) is 1. The van der Waals surface area contributed by atoms with Gasteiger partial charge in [0.25, 0.3) is 0 Å². The first-order chi connectivity index (χ1) is 7.66. The average molecular weight is 240 g/mol. The molecule has 3 nitrogen and oxygen atoms in total. The predicted octanol–water partition coefficient (Wildman–Crippen LogP) is 2.00. The van der Waals surface area contributed by atoms with E-state index in [1.54, 1.807) is 29.2 Å². The Kier molecular flexibility index (Phi) is 3.46. The summed E-state index contributed by atoms with van der Waals surface area (Å²) in [6.07, 6.45) is 0.874. The second kappa shape index (κ2) is 4.85. The van der Waals surface area contributed by atoms with Crippen LogP contribution < -0.4 is 0 Å². The van der Waals surface area contributed by atoms with Crippen LogP contribution in [-0.4, -0.2) is 29.0 Å². The maximum Gasteiger partial charge on any atom is 0.222 e. The number of carbonyl (C=O) groups is 1. The van der Waals surface area contributed by atoms with E-state index in [9.17, 15) is 9.90 Å². The SMILES string of the molecule is O=C1CCCN1CC(O)c1ccc(Cl)cc1. The number of rotatable bonds is 3. The summed E-state index contributed by atoms with van der Waals surface area (Å²) in [6, 6.07) is 7.05. The van der Waals surface area contributed by atoms with Crippen LogP contribution in [0.15, 0.2) is 24.3 Å². The maximum atomic E-state index is 11.4. The third-order valence-corrected chi connectivity index (χ3v) is 3.07. The number of hydrogen-bond acceptors (Lipinski definition) is 2. The molecule has 2 rings (SSSR count). The highest BCUT2D eigenvalue weighted by atomic mass is 35.5. The van der Waals surface area contributed by atoms with Gasteiger partial charge in [-0.1, -0.05) is 23.7 Å². The van der Waals surface area contributed by atoms with E-state index in [1.165, 1.54) is 0 Å². The largest absolute Gasteiger partial charge is 0.387 e. The summed E-state index contributed by atoms with van der Waals surface area (Å²) >= 11 is 5.76. The van der Waals surface area contributed by atoms with E-state index in [-0.39, 0.29) is 5.91 Å². The van der Waals surface area contributed by atoms with E-state index in [0.29, 0.717) is 18.0 Å². The van der Waals surface area contributed by atoms with Crippen LogP contribution in [0.3, 0.4) is 0 Å². The molecule has 1 aromatic rings. The highest BCUT2D eigenvalue weighted by Gasteiger charge is 2.22. The van der Waals surface area contributed by atoms with Crippen molar-refractivity contribution in [3.8, 4) is 0 Å². The Labute approximate surface area is 99.6 Å². The normalized spacial score (nSPS) is 17.9. The molecule has 1 aliphatic heterocycles. The average Bonchev–Trinajstić information content (AvgIpc) is 2.65. The fraction of sp³-hybridized carbons (Fsp3) is 0.417. The Balaban J connectivity index is 1.99. The van der Waals surface area contributed by atoms with Gasteiger partial charge >= 0.3 is 0 Å². The number of hydrogen-bond donors (Lipinski definition) is 1. The molecule has 0 spiro atoms. The second-order valence-corrected chi connectivity index (χ2v) is 4.45. The van der Waals surface area contributed by atoms with E-state index in [0.717, 1.165) is 18.5 Å². The maximum absolute atomic E-state index is 11.4. The Morgan fingerprint density at radius 2 is 2.06 bits per heavy atom. The van der Waals surface area contributed by atoms with E-state index >= 15 is 0 Å². The van der Waals surface area contributed by atoms with Crippen molar-refractivity contribution >= 4 is 17.5 Å². The van der Waals surface area contributed by atoms with Gasteiger partial charge in [0, 0.05) is 18.0 Å². The molecule has 0 saturated carbocycles. The lowest BCUT2D eigenvalue weighted by atomic mass is 10.1. The van der Waals surface area contributed by atoms with Gasteiger partial charge in [-0.25, -0.2) is 0 Å². The van der Waals surface area contributed by atoms with Gasteiger partial charge in [0.2, 0.25) is 5.91 Å². The zero-order valence-corrected chi connectivity index (χ0v) is 9.65.